The molecule has 2 aliphatic rings. The van der Waals surface area contributed by atoms with E-state index >= 15 is 0 Å². The molecule has 0 spiro atoms. The molecule has 152 valence electrons. The summed E-state index contributed by atoms with van der Waals surface area (Å²) >= 11 is 0. The summed E-state index contributed by atoms with van der Waals surface area (Å²) in [4.78, 5) is 20.5. The van der Waals surface area contributed by atoms with Gasteiger partial charge in [0.2, 0.25) is 0 Å². The number of carbonyl (C=O) groups is 1. The lowest BCUT2D eigenvalue weighted by atomic mass is 9.73. The first-order valence-corrected chi connectivity index (χ1v) is 10.7. The summed E-state index contributed by atoms with van der Waals surface area (Å²) < 4.78 is 0. The van der Waals surface area contributed by atoms with E-state index in [1.807, 2.05) is 24.8 Å². The van der Waals surface area contributed by atoms with Crippen LogP contribution in [0.1, 0.15) is 50.7 Å². The molecule has 2 amide bonds. The average molecular weight is 384 g/mol. The highest BCUT2D eigenvalue weighted by Gasteiger charge is 2.41. The van der Waals surface area contributed by atoms with E-state index < -0.39 is 0 Å². The number of hydrogen-bond donors (Lipinski definition) is 3. The highest BCUT2D eigenvalue weighted by atomic mass is 16.2. The predicted octanol–water partition coefficient (Wildman–Crippen LogP) is 3.29. The van der Waals surface area contributed by atoms with Gasteiger partial charge in [-0.15, -0.1) is 0 Å². The van der Waals surface area contributed by atoms with Gasteiger partial charge in [0, 0.05) is 60.4 Å². The number of nitrogens with one attached hydrogen (secondary N) is 2. The van der Waals surface area contributed by atoms with Gasteiger partial charge in [0.1, 0.15) is 0 Å². The second-order valence-corrected chi connectivity index (χ2v) is 8.27. The molecule has 0 bridgehead atoms. The van der Waals surface area contributed by atoms with Gasteiger partial charge in [0.25, 0.3) is 0 Å². The van der Waals surface area contributed by atoms with E-state index in [9.17, 15) is 4.79 Å². The van der Waals surface area contributed by atoms with E-state index in [0.717, 1.165) is 56.6 Å². The number of nitrogen functional groups attached to an aromatic ring is 1. The van der Waals surface area contributed by atoms with Crippen LogP contribution in [0.3, 0.4) is 0 Å². The number of carbonyl (C=O) groups excluding carboxylic acids is 1. The Balaban J connectivity index is 1.66. The summed E-state index contributed by atoms with van der Waals surface area (Å²) in [6, 6.07) is 4.90. The van der Waals surface area contributed by atoms with Gasteiger partial charge in [0.05, 0.1) is 0 Å². The number of likely N-dealkylation sites (tertiary alicyclic amines) is 1. The first-order chi connectivity index (χ1) is 13.5. The maximum atomic E-state index is 12.7. The van der Waals surface area contributed by atoms with E-state index in [1.54, 1.807) is 0 Å². The standard InChI is InChI=1S/C22H33N5O/c1-4-7-27-13-16(25-22(28)26(5-2)6-3)11-17-18-9-15(23)10-19-21(18)14(12-24-19)8-20(17)27/h9-10,12,16-17,20,24H,4-8,11,13,23H2,1-3H3,(H,25,28)/t16-,17+,20+/m0/s1. The maximum Gasteiger partial charge on any atom is 0.317 e. The Bertz CT molecular complexity index is 856. The molecule has 4 N–H and O–H groups in total. The third kappa shape index (κ3) is 3.24. The number of nitrogens with zero attached hydrogens (tertiary/aromatic N) is 2. The first kappa shape index (κ1) is 19.1. The van der Waals surface area contributed by atoms with E-state index in [4.69, 9.17) is 5.73 Å². The second-order valence-electron chi connectivity index (χ2n) is 8.27. The number of amides is 2. The Hall–Kier alpha value is -2.21. The smallest absolute Gasteiger partial charge is 0.317 e. The largest absolute Gasteiger partial charge is 0.399 e. The SMILES string of the molecule is CCCN1C[C@@H](NC(=O)N(CC)CC)C[C@@H]2c3cc(N)cc4[nH]cc(c34)C[C@H]21. The zero-order chi connectivity index (χ0) is 19.8. The molecule has 1 aliphatic heterocycles. The number of piperidine rings is 1. The molecular formula is C22H33N5O. The molecule has 28 heavy (non-hydrogen) atoms. The van der Waals surface area contributed by atoms with Crippen LogP contribution in [-0.2, 0) is 6.42 Å². The molecule has 6 heteroatoms. The molecule has 1 aromatic heterocycles. The number of urea groups is 1. The Morgan fingerprint density at radius 1 is 1.32 bits per heavy atom. The number of benzene rings is 1. The normalized spacial score (nSPS) is 24.2. The summed E-state index contributed by atoms with van der Waals surface area (Å²) in [7, 11) is 0. The molecule has 1 aromatic carbocycles. The van der Waals surface area contributed by atoms with Crippen molar-refractivity contribution in [2.24, 2.45) is 0 Å². The van der Waals surface area contributed by atoms with E-state index in [1.165, 1.54) is 16.5 Å². The minimum absolute atomic E-state index is 0.0563. The van der Waals surface area contributed by atoms with Gasteiger partial charge in [-0.25, -0.2) is 4.79 Å². The fourth-order valence-electron chi connectivity index (χ4n) is 5.32. The molecule has 0 radical (unpaired) electrons. The number of H-pyrrole nitrogens is 1. The summed E-state index contributed by atoms with van der Waals surface area (Å²) in [5.74, 6) is 0.400. The van der Waals surface area contributed by atoms with E-state index in [2.05, 4.69) is 34.4 Å². The topological polar surface area (TPSA) is 77.4 Å². The quantitative estimate of drug-likeness (QED) is 0.693. The molecular weight excluding hydrogens is 350 g/mol. The van der Waals surface area contributed by atoms with Crippen LogP contribution in [0.25, 0.3) is 10.9 Å². The van der Waals surface area contributed by atoms with Crippen LogP contribution in [-0.4, -0.2) is 59.1 Å². The van der Waals surface area contributed by atoms with Crippen molar-refractivity contribution in [3.63, 3.8) is 0 Å². The maximum absolute atomic E-state index is 12.7. The predicted molar refractivity (Wildman–Crippen MR) is 115 cm³/mol. The Morgan fingerprint density at radius 3 is 2.82 bits per heavy atom. The average Bonchev–Trinajstić information content (AvgIpc) is 3.07. The van der Waals surface area contributed by atoms with Gasteiger partial charge in [-0.05, 0) is 62.9 Å². The van der Waals surface area contributed by atoms with Crippen molar-refractivity contribution in [2.45, 2.75) is 58.0 Å². The van der Waals surface area contributed by atoms with Crippen LogP contribution in [0.5, 0.6) is 0 Å². The van der Waals surface area contributed by atoms with Crippen LogP contribution in [0.4, 0.5) is 10.5 Å². The summed E-state index contributed by atoms with van der Waals surface area (Å²) in [5, 5.41) is 4.66. The number of anilines is 1. The van der Waals surface area contributed by atoms with Crippen LogP contribution < -0.4 is 11.1 Å². The Morgan fingerprint density at radius 2 is 2.11 bits per heavy atom. The molecule has 4 rings (SSSR count). The van der Waals surface area contributed by atoms with Gasteiger partial charge >= 0.3 is 6.03 Å². The molecule has 0 saturated carbocycles. The van der Waals surface area contributed by atoms with Crippen molar-refractivity contribution in [3.05, 3.63) is 29.5 Å². The summed E-state index contributed by atoms with van der Waals surface area (Å²) in [5.41, 5.74) is 10.9. The molecule has 1 aliphatic carbocycles. The molecule has 2 heterocycles. The zero-order valence-electron chi connectivity index (χ0n) is 17.3. The van der Waals surface area contributed by atoms with Gasteiger partial charge < -0.3 is 20.9 Å². The lowest BCUT2D eigenvalue weighted by Crippen LogP contribution is -2.57. The fraction of sp³-hybridized carbons (Fsp3) is 0.591. The van der Waals surface area contributed by atoms with Crippen LogP contribution in [0.15, 0.2) is 18.3 Å². The van der Waals surface area contributed by atoms with Crippen molar-refractivity contribution in [2.75, 3.05) is 31.9 Å². The van der Waals surface area contributed by atoms with Crippen molar-refractivity contribution >= 4 is 22.6 Å². The lowest BCUT2D eigenvalue weighted by Gasteiger charge is -2.47. The monoisotopic (exact) mass is 383 g/mol. The highest BCUT2D eigenvalue weighted by molar-refractivity contribution is 5.91. The lowest BCUT2D eigenvalue weighted by molar-refractivity contribution is 0.0980. The molecule has 1 saturated heterocycles. The number of aromatic nitrogens is 1. The van der Waals surface area contributed by atoms with Gasteiger partial charge in [-0.2, -0.15) is 0 Å². The number of aromatic amines is 1. The summed E-state index contributed by atoms with van der Waals surface area (Å²) in [6.45, 7) is 9.75. The van der Waals surface area contributed by atoms with Crippen molar-refractivity contribution in [1.29, 1.82) is 0 Å². The van der Waals surface area contributed by atoms with E-state index in [0.29, 0.717) is 12.0 Å². The molecule has 2 aromatic rings. The highest BCUT2D eigenvalue weighted by Crippen LogP contribution is 2.44. The number of fused-ring (bicyclic) bond motifs is 2. The van der Waals surface area contributed by atoms with Crippen LogP contribution >= 0.6 is 0 Å². The Labute approximate surface area is 167 Å². The third-order valence-electron chi connectivity index (χ3n) is 6.56. The minimum Gasteiger partial charge on any atom is -0.399 e. The molecule has 6 nitrogen and oxygen atoms in total. The zero-order valence-corrected chi connectivity index (χ0v) is 17.3. The van der Waals surface area contributed by atoms with Gasteiger partial charge in [0.15, 0.2) is 0 Å². The number of nitrogens with two attached hydrogens (primary N) is 1. The number of hydrogen-bond acceptors (Lipinski definition) is 3. The number of rotatable bonds is 5. The molecule has 3 atom stereocenters. The van der Waals surface area contributed by atoms with Crippen molar-refractivity contribution < 1.29 is 4.79 Å². The van der Waals surface area contributed by atoms with E-state index in [-0.39, 0.29) is 12.1 Å². The van der Waals surface area contributed by atoms with Gasteiger partial charge in [-0.3, -0.25) is 4.90 Å². The summed E-state index contributed by atoms with van der Waals surface area (Å²) in [6.07, 6.45) is 5.31. The minimum atomic E-state index is 0.0563. The van der Waals surface area contributed by atoms with Crippen LogP contribution in [0.2, 0.25) is 0 Å². The van der Waals surface area contributed by atoms with Crippen molar-refractivity contribution in [3.8, 4) is 0 Å². The van der Waals surface area contributed by atoms with Crippen molar-refractivity contribution in [1.82, 2.24) is 20.1 Å². The molecule has 1 fully saturated rings. The Kier molecular flexibility index (Phi) is 5.23. The second kappa shape index (κ2) is 7.66. The fourth-order valence-corrected chi connectivity index (χ4v) is 5.32. The van der Waals surface area contributed by atoms with Crippen LogP contribution in [0, 0.1) is 0 Å². The first-order valence-electron chi connectivity index (χ1n) is 10.7. The van der Waals surface area contributed by atoms with Gasteiger partial charge in [-0.1, -0.05) is 6.92 Å². The third-order valence-corrected chi connectivity index (χ3v) is 6.56. The molecule has 0 unspecified atom stereocenters.